The van der Waals surface area contributed by atoms with Crippen molar-refractivity contribution in [3.8, 4) is 0 Å². The maximum Gasteiger partial charge on any atom is 0.105 e. The summed E-state index contributed by atoms with van der Waals surface area (Å²) in [5.41, 5.74) is 10.2. The topological polar surface area (TPSA) is 0 Å². The standard InChI is InChI=1S/C18H19.C2H4Cl2.Ti/c1-11-12(2)14(4)18(13(11)3)17-10-9-15-7-5-6-8-16(15)17;1-2(3)4;/h5-10,17H,1-4H3;2H,1H3;/q-1;;. The molecule has 0 amide bonds. The maximum absolute atomic E-state index is 5.04. The van der Waals surface area contributed by atoms with Gasteiger partial charge in [0.05, 0.1) is 0 Å². The van der Waals surface area contributed by atoms with Crippen molar-refractivity contribution in [3.05, 3.63) is 69.3 Å². The fourth-order valence-electron chi connectivity index (χ4n) is 3.22. The fourth-order valence-corrected chi connectivity index (χ4v) is 3.22. The molecule has 3 rings (SSSR count). The van der Waals surface area contributed by atoms with Crippen LogP contribution >= 0.6 is 23.2 Å². The number of rotatable bonds is 1. The number of benzene rings is 1. The summed E-state index contributed by atoms with van der Waals surface area (Å²) >= 11 is 10.1. The van der Waals surface area contributed by atoms with Crippen LogP contribution in [0, 0.1) is 27.7 Å². The first-order valence-electron chi connectivity index (χ1n) is 7.62. The van der Waals surface area contributed by atoms with E-state index in [1.165, 1.54) is 38.9 Å². The van der Waals surface area contributed by atoms with Crippen LogP contribution in [-0.2, 0) is 21.7 Å². The second-order valence-corrected chi connectivity index (χ2v) is 7.43. The van der Waals surface area contributed by atoms with Crippen LogP contribution in [-0.4, -0.2) is 4.84 Å². The number of fused-ring (bicyclic) bond motifs is 1. The average Bonchev–Trinajstić information content (AvgIpc) is 2.96. The van der Waals surface area contributed by atoms with E-state index < -0.39 is 0 Å². The van der Waals surface area contributed by atoms with Crippen molar-refractivity contribution < 1.29 is 21.7 Å². The Morgan fingerprint density at radius 1 is 0.957 bits per heavy atom. The van der Waals surface area contributed by atoms with E-state index >= 15 is 0 Å². The quantitative estimate of drug-likeness (QED) is 0.296. The van der Waals surface area contributed by atoms with Crippen LogP contribution in [0.2, 0.25) is 0 Å². The van der Waals surface area contributed by atoms with Crippen LogP contribution in [0.15, 0.2) is 30.3 Å². The summed E-state index contributed by atoms with van der Waals surface area (Å²) in [7, 11) is 0. The van der Waals surface area contributed by atoms with E-state index in [4.69, 9.17) is 23.2 Å². The van der Waals surface area contributed by atoms with Gasteiger partial charge in [0.2, 0.25) is 0 Å². The van der Waals surface area contributed by atoms with Gasteiger partial charge in [-0.3, -0.25) is 0 Å². The fraction of sp³-hybridized carbons (Fsp3) is 0.350. The molecule has 0 spiro atoms. The molecule has 2 aromatic carbocycles. The first-order chi connectivity index (χ1) is 10.3. The van der Waals surface area contributed by atoms with Gasteiger partial charge in [-0.2, -0.15) is 22.3 Å². The Labute approximate surface area is 165 Å². The predicted molar refractivity (Wildman–Crippen MR) is 99.5 cm³/mol. The molecular weight excluding hydrogens is 359 g/mol. The van der Waals surface area contributed by atoms with Crippen LogP contribution in [0.4, 0.5) is 0 Å². The Morgan fingerprint density at radius 2 is 1.43 bits per heavy atom. The molecular formula is C20H23Cl2Ti-. The van der Waals surface area contributed by atoms with Gasteiger partial charge < -0.3 is 0 Å². The van der Waals surface area contributed by atoms with Gasteiger partial charge in [0, 0.05) is 21.7 Å². The van der Waals surface area contributed by atoms with Crippen LogP contribution in [0.5, 0.6) is 0 Å². The second-order valence-electron chi connectivity index (χ2n) is 5.90. The van der Waals surface area contributed by atoms with E-state index in [-0.39, 0.29) is 26.6 Å². The van der Waals surface area contributed by atoms with Gasteiger partial charge >= 0.3 is 0 Å². The Hall–Kier alpha value is -0.396. The van der Waals surface area contributed by atoms with E-state index in [2.05, 4.69) is 64.1 Å². The molecule has 1 unspecified atom stereocenters. The molecule has 0 radical (unpaired) electrons. The van der Waals surface area contributed by atoms with Crippen molar-refractivity contribution in [1.82, 2.24) is 0 Å². The molecule has 1 aliphatic carbocycles. The van der Waals surface area contributed by atoms with Crippen LogP contribution in [0.1, 0.15) is 51.8 Å². The zero-order chi connectivity index (χ0) is 16.4. The minimum absolute atomic E-state index is 0. The van der Waals surface area contributed by atoms with Crippen LogP contribution in [0.3, 0.4) is 0 Å². The van der Waals surface area contributed by atoms with Gasteiger partial charge in [-0.25, -0.2) is 0 Å². The Balaban J connectivity index is 0.000000478. The molecule has 0 N–H and O–H groups in total. The zero-order valence-electron chi connectivity index (χ0n) is 14.4. The first-order valence-corrected chi connectivity index (χ1v) is 8.50. The molecule has 0 fully saturated rings. The molecule has 0 nitrogen and oxygen atoms in total. The van der Waals surface area contributed by atoms with Gasteiger partial charge in [-0.1, -0.05) is 64.1 Å². The molecule has 1 atom stereocenters. The maximum atomic E-state index is 5.04. The van der Waals surface area contributed by atoms with Crippen molar-refractivity contribution in [2.45, 2.75) is 45.4 Å². The zero-order valence-corrected chi connectivity index (χ0v) is 17.4. The summed E-state index contributed by atoms with van der Waals surface area (Å²) in [5.74, 6) is 0.452. The van der Waals surface area contributed by atoms with Gasteiger partial charge in [0.25, 0.3) is 0 Å². The van der Waals surface area contributed by atoms with E-state index in [9.17, 15) is 0 Å². The Morgan fingerprint density at radius 3 is 1.96 bits per heavy atom. The third-order valence-electron chi connectivity index (χ3n) is 4.61. The molecule has 122 valence electrons. The van der Waals surface area contributed by atoms with Crippen molar-refractivity contribution in [1.29, 1.82) is 0 Å². The largest absolute Gasteiger partial charge is 0.196 e. The summed E-state index contributed by atoms with van der Waals surface area (Å²) in [6, 6.07) is 8.73. The molecule has 23 heavy (non-hydrogen) atoms. The second kappa shape index (κ2) is 8.63. The molecule has 0 saturated heterocycles. The minimum Gasteiger partial charge on any atom is -0.196 e. The monoisotopic (exact) mass is 381 g/mol. The number of halogens is 2. The van der Waals surface area contributed by atoms with Crippen molar-refractivity contribution in [2.24, 2.45) is 0 Å². The van der Waals surface area contributed by atoms with E-state index in [0.717, 1.165) is 0 Å². The van der Waals surface area contributed by atoms with E-state index in [1.54, 1.807) is 6.92 Å². The molecule has 0 heterocycles. The summed E-state index contributed by atoms with van der Waals surface area (Å²) in [6.45, 7) is 10.7. The molecule has 0 saturated carbocycles. The summed E-state index contributed by atoms with van der Waals surface area (Å²) in [6.07, 6.45) is 4.61. The van der Waals surface area contributed by atoms with Gasteiger partial charge in [-0.15, -0.1) is 28.8 Å². The molecule has 3 heteroatoms. The molecule has 0 bridgehead atoms. The summed E-state index contributed by atoms with van der Waals surface area (Å²) < 4.78 is 0. The van der Waals surface area contributed by atoms with Gasteiger partial charge in [0.15, 0.2) is 0 Å². The first kappa shape index (κ1) is 20.6. The normalized spacial score (nSPS) is 15.0. The Kier molecular flexibility index (Phi) is 7.75. The number of hydrogen-bond donors (Lipinski definition) is 0. The third kappa shape index (κ3) is 4.37. The number of allylic oxidation sites excluding steroid dienone is 1. The van der Waals surface area contributed by atoms with Crippen molar-refractivity contribution in [3.63, 3.8) is 0 Å². The number of alkyl halides is 2. The molecule has 0 aliphatic heterocycles. The summed E-state index contributed by atoms with van der Waals surface area (Å²) in [5, 5.41) is 0. The minimum atomic E-state index is -0.222. The smallest absolute Gasteiger partial charge is 0.105 e. The van der Waals surface area contributed by atoms with Gasteiger partial charge in [-0.05, 0) is 24.0 Å². The third-order valence-corrected chi connectivity index (χ3v) is 4.61. The Bertz CT molecular complexity index is 668. The van der Waals surface area contributed by atoms with Crippen molar-refractivity contribution >= 4 is 29.3 Å². The summed E-state index contributed by atoms with van der Waals surface area (Å²) in [4.78, 5) is -0.222. The van der Waals surface area contributed by atoms with Crippen LogP contribution < -0.4 is 0 Å². The number of hydrogen-bond acceptors (Lipinski definition) is 0. The van der Waals surface area contributed by atoms with Crippen molar-refractivity contribution in [2.75, 3.05) is 0 Å². The van der Waals surface area contributed by atoms with Gasteiger partial charge in [0.1, 0.15) is 4.84 Å². The van der Waals surface area contributed by atoms with E-state index in [1.807, 2.05) is 0 Å². The molecule has 0 aromatic heterocycles. The van der Waals surface area contributed by atoms with Crippen LogP contribution in [0.25, 0.3) is 6.08 Å². The molecule has 1 aliphatic rings. The average molecular weight is 382 g/mol. The van der Waals surface area contributed by atoms with E-state index in [0.29, 0.717) is 5.92 Å². The molecule has 2 aromatic rings. The SMILES string of the molecule is CC(Cl)Cl.Cc1c(C)c(C)[c-](C2C=Cc3ccccc32)c1C.[Ti]. The predicted octanol–water partition coefficient (Wildman–Crippen LogP) is 6.61.